The van der Waals surface area contributed by atoms with Gasteiger partial charge in [-0.25, -0.2) is 0 Å². The molecule has 1 aliphatic rings. The van der Waals surface area contributed by atoms with Crippen molar-refractivity contribution in [1.29, 1.82) is 0 Å². The van der Waals surface area contributed by atoms with Crippen molar-refractivity contribution in [1.82, 2.24) is 5.32 Å². The average Bonchev–Trinajstić information content (AvgIpc) is 2.88. The van der Waals surface area contributed by atoms with E-state index in [0.29, 0.717) is 0 Å². The lowest BCUT2D eigenvalue weighted by Crippen LogP contribution is -2.24. The Morgan fingerprint density at radius 1 is 1.29 bits per heavy atom. The highest BCUT2D eigenvalue weighted by atomic mass is 32.2. The van der Waals surface area contributed by atoms with Gasteiger partial charge in [0.05, 0.1) is 6.61 Å². The Morgan fingerprint density at radius 3 is 2.94 bits per heavy atom. The molecule has 94 valence electrons. The van der Waals surface area contributed by atoms with Gasteiger partial charge in [-0.15, -0.1) is 0 Å². The zero-order valence-corrected chi connectivity index (χ0v) is 11.0. The van der Waals surface area contributed by atoms with Gasteiger partial charge < -0.3 is 10.1 Å². The van der Waals surface area contributed by atoms with Gasteiger partial charge in [-0.1, -0.05) is 18.2 Å². The molecular weight excluding hydrogens is 230 g/mol. The number of hydrogen-bond donors (Lipinski definition) is 1. The van der Waals surface area contributed by atoms with Crippen LogP contribution in [0.15, 0.2) is 30.3 Å². The zero-order valence-electron chi connectivity index (χ0n) is 10.2. The van der Waals surface area contributed by atoms with E-state index >= 15 is 0 Å². The minimum absolute atomic E-state index is 0.802. The number of hydrogen-bond acceptors (Lipinski definition) is 3. The maximum absolute atomic E-state index is 5.63. The van der Waals surface area contributed by atoms with Crippen LogP contribution in [-0.4, -0.2) is 31.2 Å². The van der Waals surface area contributed by atoms with Gasteiger partial charge in [-0.2, -0.15) is 11.8 Å². The predicted octanol–water partition coefficient (Wildman–Crippen LogP) is 2.80. The summed E-state index contributed by atoms with van der Waals surface area (Å²) in [7, 11) is 0. The molecule has 0 radical (unpaired) electrons. The molecule has 1 unspecified atom stereocenters. The highest BCUT2D eigenvalue weighted by Crippen LogP contribution is 2.22. The summed E-state index contributed by atoms with van der Waals surface area (Å²) < 4.78 is 5.63. The van der Waals surface area contributed by atoms with Crippen LogP contribution in [-0.2, 0) is 0 Å². The van der Waals surface area contributed by atoms with Crippen molar-refractivity contribution in [2.45, 2.75) is 12.8 Å². The minimum Gasteiger partial charge on any atom is -0.494 e. The summed E-state index contributed by atoms with van der Waals surface area (Å²) >= 11 is 2.08. The molecule has 1 aromatic rings. The average molecular weight is 251 g/mol. The number of rotatable bonds is 7. The highest BCUT2D eigenvalue weighted by molar-refractivity contribution is 7.99. The van der Waals surface area contributed by atoms with E-state index in [-0.39, 0.29) is 0 Å². The lowest BCUT2D eigenvalue weighted by Gasteiger charge is -2.10. The second-order valence-corrected chi connectivity index (χ2v) is 5.60. The standard InChI is InChI=1S/C14H21NOS/c1-2-5-14(6-3-1)16-9-4-8-15-11-13-7-10-17-12-13/h1-3,5-6,13,15H,4,7-12H2. The van der Waals surface area contributed by atoms with Crippen molar-refractivity contribution in [2.24, 2.45) is 5.92 Å². The van der Waals surface area contributed by atoms with Gasteiger partial charge in [0.15, 0.2) is 0 Å². The topological polar surface area (TPSA) is 21.3 Å². The molecule has 3 heteroatoms. The highest BCUT2D eigenvalue weighted by Gasteiger charge is 2.14. The van der Waals surface area contributed by atoms with Gasteiger partial charge in [-0.3, -0.25) is 0 Å². The third-order valence-corrected chi connectivity index (χ3v) is 4.20. The summed E-state index contributed by atoms with van der Waals surface area (Å²) in [4.78, 5) is 0. The maximum atomic E-state index is 5.63. The van der Waals surface area contributed by atoms with Crippen molar-refractivity contribution in [3.63, 3.8) is 0 Å². The van der Waals surface area contributed by atoms with Crippen LogP contribution in [0, 0.1) is 5.92 Å². The molecule has 1 fully saturated rings. The van der Waals surface area contributed by atoms with Crippen LogP contribution in [0.25, 0.3) is 0 Å². The molecule has 17 heavy (non-hydrogen) atoms. The fourth-order valence-electron chi connectivity index (χ4n) is 1.95. The molecule has 0 bridgehead atoms. The molecular formula is C14H21NOS. The summed E-state index contributed by atoms with van der Waals surface area (Å²) in [5, 5.41) is 3.52. The van der Waals surface area contributed by atoms with Crippen molar-refractivity contribution in [3.05, 3.63) is 30.3 Å². The third-order valence-electron chi connectivity index (χ3n) is 2.97. The van der Waals surface area contributed by atoms with E-state index in [1.54, 1.807) is 0 Å². The molecule has 0 amide bonds. The zero-order chi connectivity index (χ0) is 11.8. The van der Waals surface area contributed by atoms with Crippen molar-refractivity contribution < 1.29 is 4.74 Å². The number of nitrogens with one attached hydrogen (secondary N) is 1. The lowest BCUT2D eigenvalue weighted by molar-refractivity contribution is 0.306. The number of ether oxygens (including phenoxy) is 1. The van der Waals surface area contributed by atoms with E-state index in [2.05, 4.69) is 17.1 Å². The first kappa shape index (κ1) is 12.8. The SMILES string of the molecule is c1ccc(OCCCNCC2CCSC2)cc1. The summed E-state index contributed by atoms with van der Waals surface area (Å²) in [6, 6.07) is 10.0. The Balaban J connectivity index is 1.46. The molecule has 1 aliphatic heterocycles. The molecule has 0 aromatic heterocycles. The van der Waals surface area contributed by atoms with Crippen LogP contribution in [0.3, 0.4) is 0 Å². The molecule has 1 N–H and O–H groups in total. The van der Waals surface area contributed by atoms with Crippen molar-refractivity contribution >= 4 is 11.8 Å². The van der Waals surface area contributed by atoms with E-state index in [0.717, 1.165) is 31.2 Å². The van der Waals surface area contributed by atoms with Crippen molar-refractivity contribution in [3.8, 4) is 5.75 Å². The number of para-hydroxylation sites is 1. The largest absolute Gasteiger partial charge is 0.494 e. The first-order chi connectivity index (χ1) is 8.45. The quantitative estimate of drug-likeness (QED) is 0.753. The molecule has 0 aliphatic carbocycles. The lowest BCUT2D eigenvalue weighted by atomic mass is 10.1. The molecule has 2 rings (SSSR count). The van der Waals surface area contributed by atoms with Gasteiger partial charge in [0.25, 0.3) is 0 Å². The maximum Gasteiger partial charge on any atom is 0.119 e. The van der Waals surface area contributed by atoms with E-state index in [1.165, 1.54) is 24.5 Å². The molecule has 2 nitrogen and oxygen atoms in total. The second kappa shape index (κ2) is 7.62. The summed E-state index contributed by atoms with van der Waals surface area (Å²) in [5.74, 6) is 4.56. The molecule has 0 saturated carbocycles. The Labute approximate surface area is 108 Å². The molecule has 0 spiro atoms. The van der Waals surface area contributed by atoms with Gasteiger partial charge in [0, 0.05) is 0 Å². The van der Waals surface area contributed by atoms with E-state index < -0.39 is 0 Å². The van der Waals surface area contributed by atoms with Crippen LogP contribution in [0.1, 0.15) is 12.8 Å². The first-order valence-electron chi connectivity index (χ1n) is 6.41. The van der Waals surface area contributed by atoms with Crippen LogP contribution in [0.4, 0.5) is 0 Å². The van der Waals surface area contributed by atoms with Gasteiger partial charge in [0.2, 0.25) is 0 Å². The van der Waals surface area contributed by atoms with Gasteiger partial charge in [0.1, 0.15) is 5.75 Å². The Bertz CT molecular complexity index is 298. The first-order valence-corrected chi connectivity index (χ1v) is 7.57. The molecule has 1 heterocycles. The van der Waals surface area contributed by atoms with E-state index in [9.17, 15) is 0 Å². The van der Waals surface area contributed by atoms with Crippen LogP contribution in [0.5, 0.6) is 5.75 Å². The molecule has 1 atom stereocenters. The third kappa shape index (κ3) is 5.00. The van der Waals surface area contributed by atoms with Crippen molar-refractivity contribution in [2.75, 3.05) is 31.2 Å². The summed E-state index contributed by atoms with van der Waals surface area (Å²) in [5.41, 5.74) is 0. The summed E-state index contributed by atoms with van der Waals surface area (Å²) in [6.45, 7) is 3.04. The number of thioether (sulfide) groups is 1. The van der Waals surface area contributed by atoms with Crippen LogP contribution in [0.2, 0.25) is 0 Å². The fourth-order valence-corrected chi connectivity index (χ4v) is 3.24. The van der Waals surface area contributed by atoms with E-state index in [4.69, 9.17) is 4.74 Å². The Hall–Kier alpha value is -0.670. The molecule has 1 aromatic carbocycles. The molecule has 1 saturated heterocycles. The fraction of sp³-hybridized carbons (Fsp3) is 0.571. The smallest absolute Gasteiger partial charge is 0.119 e. The Morgan fingerprint density at radius 2 is 2.18 bits per heavy atom. The van der Waals surface area contributed by atoms with Gasteiger partial charge >= 0.3 is 0 Å². The normalized spacial score (nSPS) is 19.4. The Kier molecular flexibility index (Phi) is 5.73. The van der Waals surface area contributed by atoms with Crippen LogP contribution < -0.4 is 10.1 Å². The van der Waals surface area contributed by atoms with Crippen LogP contribution >= 0.6 is 11.8 Å². The minimum atomic E-state index is 0.802. The van der Waals surface area contributed by atoms with Gasteiger partial charge in [-0.05, 0) is 55.5 Å². The summed E-state index contributed by atoms with van der Waals surface area (Å²) in [6.07, 6.45) is 2.47. The number of benzene rings is 1. The van der Waals surface area contributed by atoms with E-state index in [1.807, 2.05) is 30.3 Å². The monoisotopic (exact) mass is 251 g/mol. The predicted molar refractivity (Wildman–Crippen MR) is 74.9 cm³/mol. The second-order valence-electron chi connectivity index (χ2n) is 4.45.